The maximum Gasteiger partial charge on any atom is 0.262 e. The van der Waals surface area contributed by atoms with Crippen molar-refractivity contribution in [3.63, 3.8) is 0 Å². The van der Waals surface area contributed by atoms with E-state index < -0.39 is 0 Å². The van der Waals surface area contributed by atoms with Crippen LogP contribution < -0.4 is 5.56 Å². The summed E-state index contributed by atoms with van der Waals surface area (Å²) in [6.45, 7) is 1.11. The van der Waals surface area contributed by atoms with Crippen molar-refractivity contribution >= 4 is 22.7 Å². The zero-order valence-electron chi connectivity index (χ0n) is 13.6. The molecule has 2 heterocycles. The lowest BCUT2D eigenvalue weighted by Gasteiger charge is -2.23. The Morgan fingerprint density at radius 3 is 2.83 bits per heavy atom. The normalized spacial score (nSPS) is 22.2. The Bertz CT molecular complexity index is 764. The molecule has 128 valence electrons. The monoisotopic (exact) mass is 346 g/mol. The van der Waals surface area contributed by atoms with Gasteiger partial charge in [0.05, 0.1) is 23.6 Å². The van der Waals surface area contributed by atoms with Gasteiger partial charge in [-0.25, -0.2) is 4.98 Å². The van der Waals surface area contributed by atoms with Crippen LogP contribution in [0.1, 0.15) is 38.1 Å². The van der Waals surface area contributed by atoms with Crippen LogP contribution in [0.5, 0.6) is 0 Å². The number of hydrogen-bond donors (Lipinski definition) is 0. The van der Waals surface area contributed by atoms with Gasteiger partial charge in [-0.3, -0.25) is 9.36 Å². The van der Waals surface area contributed by atoms with Gasteiger partial charge < -0.3 is 9.47 Å². The number of para-hydroxylation sites is 1. The summed E-state index contributed by atoms with van der Waals surface area (Å²) in [7, 11) is 0. The Kier molecular flexibility index (Phi) is 4.87. The molecule has 1 saturated heterocycles. The van der Waals surface area contributed by atoms with Crippen LogP contribution in [-0.2, 0) is 9.47 Å². The average molecular weight is 346 g/mol. The number of hydrogen-bond acceptors (Lipinski definition) is 5. The largest absolute Gasteiger partial charge is 0.355 e. The first-order valence-corrected chi connectivity index (χ1v) is 9.65. The van der Waals surface area contributed by atoms with E-state index in [9.17, 15) is 4.79 Å². The highest BCUT2D eigenvalue weighted by molar-refractivity contribution is 7.99. The predicted molar refractivity (Wildman–Crippen MR) is 94.5 cm³/mol. The molecule has 1 aliphatic heterocycles. The Balaban J connectivity index is 1.68. The van der Waals surface area contributed by atoms with Crippen LogP contribution in [0.3, 0.4) is 0 Å². The summed E-state index contributed by atoms with van der Waals surface area (Å²) in [5, 5.41) is 1.55. The number of aromatic nitrogens is 2. The molecule has 0 unspecified atom stereocenters. The van der Waals surface area contributed by atoms with Gasteiger partial charge in [-0.1, -0.05) is 36.7 Å². The summed E-state index contributed by atoms with van der Waals surface area (Å²) in [5.74, 6) is 0.806. The van der Waals surface area contributed by atoms with Gasteiger partial charge in [0, 0.05) is 11.8 Å². The third kappa shape index (κ3) is 3.23. The molecule has 2 aliphatic rings. The van der Waals surface area contributed by atoms with Crippen molar-refractivity contribution in [1.82, 2.24) is 9.55 Å². The van der Waals surface area contributed by atoms with E-state index in [0.717, 1.165) is 47.7 Å². The van der Waals surface area contributed by atoms with Gasteiger partial charge in [0.2, 0.25) is 0 Å². The van der Waals surface area contributed by atoms with Crippen LogP contribution in [0.25, 0.3) is 10.9 Å². The molecule has 6 heteroatoms. The minimum Gasteiger partial charge on any atom is -0.355 e. The van der Waals surface area contributed by atoms with Gasteiger partial charge in [-0.05, 0) is 31.4 Å². The first-order valence-electron chi connectivity index (χ1n) is 8.66. The summed E-state index contributed by atoms with van der Waals surface area (Å²) >= 11 is 1.64. The van der Waals surface area contributed by atoms with E-state index in [1.165, 1.54) is 12.8 Å². The summed E-state index contributed by atoms with van der Waals surface area (Å²) in [6, 6.07) is 7.93. The van der Waals surface area contributed by atoms with Crippen molar-refractivity contribution in [2.24, 2.45) is 0 Å². The summed E-state index contributed by atoms with van der Waals surface area (Å²) in [4.78, 5) is 17.8. The second-order valence-electron chi connectivity index (χ2n) is 6.44. The number of fused-ring (bicyclic) bond motifs is 1. The van der Waals surface area contributed by atoms with E-state index in [1.54, 1.807) is 11.8 Å². The van der Waals surface area contributed by atoms with Crippen LogP contribution in [0, 0.1) is 0 Å². The van der Waals surface area contributed by atoms with Gasteiger partial charge in [-0.2, -0.15) is 0 Å². The summed E-state index contributed by atoms with van der Waals surface area (Å²) < 4.78 is 12.8. The van der Waals surface area contributed by atoms with Crippen molar-refractivity contribution in [2.75, 3.05) is 19.2 Å². The Hall–Kier alpha value is -1.37. The van der Waals surface area contributed by atoms with E-state index in [1.807, 2.05) is 28.8 Å². The van der Waals surface area contributed by atoms with Crippen LogP contribution in [0.4, 0.5) is 0 Å². The molecule has 0 spiro atoms. The third-order valence-electron chi connectivity index (χ3n) is 4.83. The smallest absolute Gasteiger partial charge is 0.262 e. The molecule has 2 fully saturated rings. The van der Waals surface area contributed by atoms with Crippen molar-refractivity contribution in [3.05, 3.63) is 34.6 Å². The number of nitrogens with zero attached hydrogens (tertiary/aromatic N) is 2. The van der Waals surface area contributed by atoms with Crippen LogP contribution in [0.2, 0.25) is 0 Å². The molecule has 2 aromatic rings. The molecule has 0 amide bonds. The zero-order chi connectivity index (χ0) is 16.4. The Morgan fingerprint density at radius 1 is 1.21 bits per heavy atom. The quantitative estimate of drug-likeness (QED) is 0.627. The van der Waals surface area contributed by atoms with Crippen LogP contribution in [0.15, 0.2) is 34.2 Å². The Labute approximate surface area is 145 Å². The molecule has 1 aromatic carbocycles. The maximum atomic E-state index is 13.0. The molecule has 0 bridgehead atoms. The van der Waals surface area contributed by atoms with E-state index in [4.69, 9.17) is 14.5 Å². The highest BCUT2D eigenvalue weighted by Crippen LogP contribution is 2.32. The van der Waals surface area contributed by atoms with Gasteiger partial charge in [-0.15, -0.1) is 0 Å². The molecular formula is C18H22N2O3S. The van der Waals surface area contributed by atoms with E-state index in [2.05, 4.69) is 0 Å². The average Bonchev–Trinajstić information content (AvgIpc) is 3.15. The van der Waals surface area contributed by atoms with Crippen molar-refractivity contribution < 1.29 is 9.47 Å². The van der Waals surface area contributed by atoms with Crippen molar-refractivity contribution in [3.8, 4) is 0 Å². The van der Waals surface area contributed by atoms with E-state index in [-0.39, 0.29) is 17.7 Å². The zero-order valence-corrected chi connectivity index (χ0v) is 14.5. The first kappa shape index (κ1) is 16.1. The Morgan fingerprint density at radius 2 is 2.04 bits per heavy atom. The molecule has 1 saturated carbocycles. The summed E-state index contributed by atoms with van der Waals surface area (Å²) in [6.07, 6.45) is 5.59. The third-order valence-corrected chi connectivity index (χ3v) is 5.92. The lowest BCUT2D eigenvalue weighted by molar-refractivity contribution is -0.130. The molecule has 24 heavy (non-hydrogen) atoms. The highest BCUT2D eigenvalue weighted by atomic mass is 32.2. The molecule has 1 aromatic heterocycles. The first-order chi connectivity index (χ1) is 11.8. The minimum absolute atomic E-state index is 0.0999. The number of thioether (sulfide) groups is 1. The summed E-state index contributed by atoms with van der Waals surface area (Å²) in [5.41, 5.74) is 0.884. The number of rotatable bonds is 4. The SMILES string of the molecule is O=c1c2ccccc2nc(SC[C@H]2CCOCO2)n1C1CCCC1. The lowest BCUT2D eigenvalue weighted by Crippen LogP contribution is -2.28. The van der Waals surface area contributed by atoms with E-state index in [0.29, 0.717) is 6.79 Å². The topological polar surface area (TPSA) is 53.4 Å². The fourth-order valence-corrected chi connectivity index (χ4v) is 4.64. The number of ether oxygens (including phenoxy) is 2. The minimum atomic E-state index is 0.0999. The van der Waals surface area contributed by atoms with Crippen LogP contribution >= 0.6 is 11.8 Å². The fourth-order valence-electron chi connectivity index (χ4n) is 3.51. The molecular weight excluding hydrogens is 324 g/mol. The standard InChI is InChI=1S/C18H22N2O3S/c21-17-15-7-3-4-8-16(15)19-18(20(17)13-5-1-2-6-13)24-11-14-9-10-22-12-23-14/h3-4,7-8,13-14H,1-2,5-6,9-12H2/t14-/m1/s1. The van der Waals surface area contributed by atoms with Crippen molar-refractivity contribution in [2.45, 2.75) is 49.4 Å². The lowest BCUT2D eigenvalue weighted by atomic mass is 10.2. The molecule has 5 nitrogen and oxygen atoms in total. The van der Waals surface area contributed by atoms with Gasteiger partial charge in [0.1, 0.15) is 6.79 Å². The van der Waals surface area contributed by atoms with Crippen molar-refractivity contribution in [1.29, 1.82) is 0 Å². The van der Waals surface area contributed by atoms with Gasteiger partial charge in [0.25, 0.3) is 5.56 Å². The van der Waals surface area contributed by atoms with Crippen LogP contribution in [-0.4, -0.2) is 34.8 Å². The number of benzene rings is 1. The van der Waals surface area contributed by atoms with E-state index >= 15 is 0 Å². The maximum absolute atomic E-state index is 13.0. The van der Waals surface area contributed by atoms with Gasteiger partial charge in [0.15, 0.2) is 5.16 Å². The highest BCUT2D eigenvalue weighted by Gasteiger charge is 2.24. The van der Waals surface area contributed by atoms with Gasteiger partial charge >= 0.3 is 0 Å². The molecule has 1 atom stereocenters. The second kappa shape index (κ2) is 7.25. The molecule has 4 rings (SSSR count). The second-order valence-corrected chi connectivity index (χ2v) is 7.43. The molecule has 0 radical (unpaired) electrons. The fraction of sp³-hybridized carbons (Fsp3) is 0.556. The predicted octanol–water partition coefficient (Wildman–Crippen LogP) is 3.37. The molecule has 0 N–H and O–H groups in total. The molecule has 1 aliphatic carbocycles.